The van der Waals surface area contributed by atoms with Crippen LogP contribution in [0.15, 0.2) is 21.8 Å². The van der Waals surface area contributed by atoms with E-state index in [0.717, 1.165) is 17.2 Å². The molecule has 0 bridgehead atoms. The van der Waals surface area contributed by atoms with Crippen molar-refractivity contribution in [1.82, 2.24) is 10.5 Å². The van der Waals surface area contributed by atoms with Crippen molar-refractivity contribution < 1.29 is 9.45 Å². The molecular weight excluding hydrogens is 244 g/mol. The van der Waals surface area contributed by atoms with Crippen molar-refractivity contribution >= 4 is 17.6 Å². The Labute approximate surface area is 103 Å². The van der Waals surface area contributed by atoms with E-state index in [4.69, 9.17) is 4.52 Å². The van der Waals surface area contributed by atoms with Crippen LogP contribution in [0.4, 0.5) is 0 Å². The zero-order valence-electron chi connectivity index (χ0n) is 9.46. The van der Waals surface area contributed by atoms with E-state index in [0.29, 0.717) is 12.4 Å². The van der Waals surface area contributed by atoms with Gasteiger partial charge in [-0.25, -0.2) is 0 Å². The molecule has 1 aromatic heterocycles. The smallest absolute Gasteiger partial charge is 0.259 e. The summed E-state index contributed by atoms with van der Waals surface area (Å²) in [5.74, 6) is 1.99. The van der Waals surface area contributed by atoms with E-state index in [-0.39, 0.29) is 6.54 Å². The molecule has 0 spiro atoms. The first kappa shape index (κ1) is 13.5. The molecule has 0 aliphatic carbocycles. The summed E-state index contributed by atoms with van der Waals surface area (Å²) in [5, 5.41) is 17.0. The second kappa shape index (κ2) is 7.66. The highest BCUT2D eigenvalue weighted by Gasteiger charge is 2.05. The fourth-order valence-electron chi connectivity index (χ4n) is 1.08. The van der Waals surface area contributed by atoms with Gasteiger partial charge in [0.25, 0.3) is 6.54 Å². The number of nitrogens with zero attached hydrogens (tertiary/aromatic N) is 3. The standard InChI is InChI=1S/C9H14N4O3S/c1-10-9(6-13(14)15)11-3-5-17-7-8-2-4-16-12-8/h2,4H,3,5-7H2,1H3,(H,10,11). The Balaban J connectivity index is 2.09. The van der Waals surface area contributed by atoms with E-state index in [1.807, 2.05) is 6.07 Å². The number of rotatable bonds is 7. The SMILES string of the molecule is CN=C(C[N+](=O)[O-])NCCSCc1ccon1. The summed E-state index contributed by atoms with van der Waals surface area (Å²) >= 11 is 1.67. The summed E-state index contributed by atoms with van der Waals surface area (Å²) in [6.45, 7) is 0.382. The minimum absolute atomic E-state index is 0.259. The first-order valence-corrected chi connectivity index (χ1v) is 6.16. The minimum atomic E-state index is -0.405. The molecule has 0 amide bonds. The Morgan fingerprint density at radius 2 is 2.59 bits per heavy atom. The van der Waals surface area contributed by atoms with E-state index >= 15 is 0 Å². The second-order valence-electron chi connectivity index (χ2n) is 3.13. The molecule has 1 rings (SSSR count). The third-order valence-electron chi connectivity index (χ3n) is 1.87. The number of hydrogen-bond acceptors (Lipinski definition) is 6. The maximum absolute atomic E-state index is 10.3. The highest BCUT2D eigenvalue weighted by Crippen LogP contribution is 2.08. The van der Waals surface area contributed by atoms with Crippen LogP contribution in [-0.4, -0.2) is 41.8 Å². The molecule has 1 aromatic rings. The number of amidine groups is 1. The minimum Gasteiger partial charge on any atom is -0.368 e. The molecule has 7 nitrogen and oxygen atoms in total. The number of thioether (sulfide) groups is 1. The Bertz CT molecular complexity index is 366. The zero-order valence-corrected chi connectivity index (χ0v) is 10.3. The third-order valence-corrected chi connectivity index (χ3v) is 2.86. The fourth-order valence-corrected chi connectivity index (χ4v) is 1.83. The quantitative estimate of drug-likeness (QED) is 0.256. The topological polar surface area (TPSA) is 93.6 Å². The summed E-state index contributed by atoms with van der Waals surface area (Å²) in [4.78, 5) is 13.7. The molecule has 0 fully saturated rings. The maximum Gasteiger partial charge on any atom is 0.259 e. The van der Waals surface area contributed by atoms with E-state index in [9.17, 15) is 10.1 Å². The summed E-state index contributed by atoms with van der Waals surface area (Å²) in [6, 6.07) is 1.81. The van der Waals surface area contributed by atoms with Crippen LogP contribution in [0.3, 0.4) is 0 Å². The number of aliphatic imine (C=N–C) groups is 1. The molecule has 0 unspecified atom stereocenters. The van der Waals surface area contributed by atoms with Crippen molar-refractivity contribution in [3.05, 3.63) is 28.1 Å². The van der Waals surface area contributed by atoms with Crippen molar-refractivity contribution in [2.45, 2.75) is 5.75 Å². The van der Waals surface area contributed by atoms with Crippen molar-refractivity contribution in [1.29, 1.82) is 0 Å². The number of hydrogen-bond donors (Lipinski definition) is 1. The van der Waals surface area contributed by atoms with E-state index in [1.165, 1.54) is 13.3 Å². The van der Waals surface area contributed by atoms with Crippen LogP contribution in [0.5, 0.6) is 0 Å². The predicted molar refractivity (Wildman–Crippen MR) is 65.9 cm³/mol. The van der Waals surface area contributed by atoms with Gasteiger partial charge in [0, 0.05) is 36.1 Å². The molecule has 0 saturated carbocycles. The van der Waals surface area contributed by atoms with Crippen LogP contribution < -0.4 is 5.32 Å². The molecule has 8 heteroatoms. The van der Waals surface area contributed by atoms with E-state index < -0.39 is 4.92 Å². The normalized spacial score (nSPS) is 11.5. The lowest BCUT2D eigenvalue weighted by molar-refractivity contribution is -0.463. The second-order valence-corrected chi connectivity index (χ2v) is 4.24. The molecule has 1 heterocycles. The van der Waals surface area contributed by atoms with Gasteiger partial charge in [-0.3, -0.25) is 15.1 Å². The van der Waals surface area contributed by atoms with Crippen molar-refractivity contribution in [3.63, 3.8) is 0 Å². The number of nitro groups is 1. The van der Waals surface area contributed by atoms with Crippen LogP contribution in [0.25, 0.3) is 0 Å². The molecule has 0 aliphatic rings. The van der Waals surface area contributed by atoms with Gasteiger partial charge in [0.15, 0.2) is 5.84 Å². The Hall–Kier alpha value is -1.57. The lowest BCUT2D eigenvalue weighted by Gasteiger charge is -2.04. The summed E-state index contributed by atoms with van der Waals surface area (Å²) in [5.41, 5.74) is 0.893. The largest absolute Gasteiger partial charge is 0.368 e. The summed E-state index contributed by atoms with van der Waals surface area (Å²) in [6.07, 6.45) is 1.53. The van der Waals surface area contributed by atoms with Gasteiger partial charge in [0.2, 0.25) is 0 Å². The van der Waals surface area contributed by atoms with Gasteiger partial charge < -0.3 is 9.84 Å². The Morgan fingerprint density at radius 1 is 1.76 bits per heavy atom. The van der Waals surface area contributed by atoms with E-state index in [1.54, 1.807) is 11.8 Å². The molecule has 0 aromatic carbocycles. The lowest BCUT2D eigenvalue weighted by atomic mass is 10.5. The van der Waals surface area contributed by atoms with Gasteiger partial charge in [-0.05, 0) is 0 Å². The zero-order chi connectivity index (χ0) is 12.5. The molecule has 94 valence electrons. The molecule has 0 saturated heterocycles. The van der Waals surface area contributed by atoms with Gasteiger partial charge >= 0.3 is 0 Å². The summed E-state index contributed by atoms with van der Waals surface area (Å²) in [7, 11) is 1.54. The third kappa shape index (κ3) is 5.91. The molecule has 1 N–H and O–H groups in total. The van der Waals surface area contributed by atoms with Gasteiger partial charge in [0.1, 0.15) is 6.26 Å². The van der Waals surface area contributed by atoms with E-state index in [2.05, 4.69) is 15.5 Å². The fraction of sp³-hybridized carbons (Fsp3) is 0.556. The highest BCUT2D eigenvalue weighted by atomic mass is 32.2. The molecule has 17 heavy (non-hydrogen) atoms. The lowest BCUT2D eigenvalue weighted by Crippen LogP contribution is -2.31. The number of nitrogens with one attached hydrogen (secondary N) is 1. The number of aromatic nitrogens is 1. The Morgan fingerprint density at radius 3 is 3.18 bits per heavy atom. The molecule has 0 radical (unpaired) electrons. The summed E-state index contributed by atoms with van der Waals surface area (Å²) < 4.78 is 4.70. The average molecular weight is 258 g/mol. The first-order valence-electron chi connectivity index (χ1n) is 5.00. The van der Waals surface area contributed by atoms with Gasteiger partial charge in [-0.2, -0.15) is 11.8 Å². The van der Waals surface area contributed by atoms with Crippen LogP contribution in [0.2, 0.25) is 0 Å². The van der Waals surface area contributed by atoms with Gasteiger partial charge in [-0.15, -0.1) is 0 Å². The van der Waals surface area contributed by atoms with Gasteiger partial charge in [0.05, 0.1) is 5.69 Å². The van der Waals surface area contributed by atoms with Crippen LogP contribution in [-0.2, 0) is 5.75 Å². The molecule has 0 aliphatic heterocycles. The molecule has 0 atom stereocenters. The monoisotopic (exact) mass is 258 g/mol. The first-order chi connectivity index (χ1) is 8.22. The average Bonchev–Trinajstić information content (AvgIpc) is 2.79. The predicted octanol–water partition coefficient (Wildman–Crippen LogP) is 0.802. The van der Waals surface area contributed by atoms with Gasteiger partial charge in [-0.1, -0.05) is 5.16 Å². The molecular formula is C9H14N4O3S. The van der Waals surface area contributed by atoms with Crippen LogP contribution >= 0.6 is 11.8 Å². The van der Waals surface area contributed by atoms with Crippen LogP contribution in [0, 0.1) is 10.1 Å². The maximum atomic E-state index is 10.3. The Kier molecular flexibility index (Phi) is 6.08. The highest BCUT2D eigenvalue weighted by molar-refractivity contribution is 7.98. The van der Waals surface area contributed by atoms with Crippen molar-refractivity contribution in [3.8, 4) is 0 Å². The van der Waals surface area contributed by atoms with Crippen molar-refractivity contribution in [2.75, 3.05) is 25.9 Å². The van der Waals surface area contributed by atoms with Crippen molar-refractivity contribution in [2.24, 2.45) is 4.99 Å². The van der Waals surface area contributed by atoms with Crippen LogP contribution in [0.1, 0.15) is 5.69 Å².